The fourth-order valence-electron chi connectivity index (χ4n) is 3.50. The summed E-state index contributed by atoms with van der Waals surface area (Å²) in [5, 5.41) is 0.409. The van der Waals surface area contributed by atoms with Crippen molar-refractivity contribution in [2.75, 3.05) is 26.3 Å². The second-order valence-electron chi connectivity index (χ2n) is 7.08. The van der Waals surface area contributed by atoms with Gasteiger partial charge in [0.25, 0.3) is 0 Å². The number of piperidine rings is 1. The SMILES string of the molecule is O=C(OCc1cc(Cl)c2c(c1)OCCO2)C1CCN(S(=O)(=O)c2cccnc2)CC1. The van der Waals surface area contributed by atoms with E-state index in [9.17, 15) is 13.2 Å². The second-order valence-corrected chi connectivity index (χ2v) is 9.42. The summed E-state index contributed by atoms with van der Waals surface area (Å²) in [5.74, 6) is 0.339. The van der Waals surface area contributed by atoms with Gasteiger partial charge in [0.1, 0.15) is 24.7 Å². The number of esters is 1. The molecule has 3 heterocycles. The summed E-state index contributed by atoms with van der Waals surface area (Å²) < 4.78 is 43.2. The fraction of sp³-hybridized carbons (Fsp3) is 0.400. The summed E-state index contributed by atoms with van der Waals surface area (Å²) in [6.45, 7) is 1.45. The van der Waals surface area contributed by atoms with Gasteiger partial charge in [-0.3, -0.25) is 9.78 Å². The molecule has 10 heteroatoms. The smallest absolute Gasteiger partial charge is 0.309 e. The summed E-state index contributed by atoms with van der Waals surface area (Å²) in [5.41, 5.74) is 0.703. The number of pyridine rings is 1. The Labute approximate surface area is 179 Å². The van der Waals surface area contributed by atoms with Gasteiger partial charge >= 0.3 is 5.97 Å². The Morgan fingerprint density at radius 3 is 2.73 bits per heavy atom. The number of fused-ring (bicyclic) bond motifs is 1. The first-order valence-corrected chi connectivity index (χ1v) is 11.4. The summed E-state index contributed by atoms with van der Waals surface area (Å²) in [7, 11) is -3.60. The van der Waals surface area contributed by atoms with E-state index in [0.717, 1.165) is 0 Å². The molecular formula is C20H21ClN2O6S. The number of hydrogen-bond acceptors (Lipinski definition) is 7. The van der Waals surface area contributed by atoms with Crippen LogP contribution >= 0.6 is 11.6 Å². The molecule has 2 aliphatic rings. The fourth-order valence-corrected chi connectivity index (χ4v) is 5.22. The van der Waals surface area contributed by atoms with E-state index >= 15 is 0 Å². The third kappa shape index (κ3) is 4.38. The Morgan fingerprint density at radius 1 is 1.23 bits per heavy atom. The molecular weight excluding hydrogens is 432 g/mol. The normalized spacial score (nSPS) is 17.5. The number of benzene rings is 1. The summed E-state index contributed by atoms with van der Waals surface area (Å²) in [6, 6.07) is 6.53. The molecule has 8 nitrogen and oxygen atoms in total. The minimum Gasteiger partial charge on any atom is -0.486 e. The van der Waals surface area contributed by atoms with Crippen molar-refractivity contribution in [3.63, 3.8) is 0 Å². The number of aromatic nitrogens is 1. The molecule has 0 atom stereocenters. The van der Waals surface area contributed by atoms with E-state index in [4.69, 9.17) is 25.8 Å². The highest BCUT2D eigenvalue weighted by atomic mass is 35.5. The topological polar surface area (TPSA) is 95.0 Å². The highest BCUT2D eigenvalue weighted by Crippen LogP contribution is 2.38. The Morgan fingerprint density at radius 2 is 2.00 bits per heavy atom. The van der Waals surface area contributed by atoms with Crippen molar-refractivity contribution in [2.45, 2.75) is 24.3 Å². The van der Waals surface area contributed by atoms with Crippen LogP contribution in [0.25, 0.3) is 0 Å². The maximum absolute atomic E-state index is 12.7. The predicted octanol–water partition coefficient (Wildman–Crippen LogP) is 2.65. The number of carbonyl (C=O) groups is 1. The number of hydrogen-bond donors (Lipinski definition) is 0. The number of rotatable bonds is 5. The molecule has 2 aromatic rings. The van der Waals surface area contributed by atoms with Crippen molar-refractivity contribution in [3.8, 4) is 11.5 Å². The highest BCUT2D eigenvalue weighted by Gasteiger charge is 2.33. The summed E-state index contributed by atoms with van der Waals surface area (Å²) in [4.78, 5) is 16.5. The van der Waals surface area contributed by atoms with E-state index in [1.807, 2.05) is 0 Å². The van der Waals surface area contributed by atoms with Crippen molar-refractivity contribution >= 4 is 27.6 Å². The quantitative estimate of drug-likeness (QED) is 0.643. The monoisotopic (exact) mass is 452 g/mol. The van der Waals surface area contributed by atoms with Gasteiger partial charge in [-0.15, -0.1) is 0 Å². The van der Waals surface area contributed by atoms with Crippen molar-refractivity contribution in [2.24, 2.45) is 5.92 Å². The minimum absolute atomic E-state index is 0.0589. The van der Waals surface area contributed by atoms with Crippen molar-refractivity contribution in [1.82, 2.24) is 9.29 Å². The molecule has 0 saturated carbocycles. The molecule has 1 saturated heterocycles. The molecule has 1 aromatic carbocycles. The second kappa shape index (κ2) is 8.79. The standard InChI is InChI=1S/C20H21ClN2O6S/c21-17-10-14(11-18-19(17)28-9-8-27-18)13-29-20(24)15-3-6-23(7-4-15)30(25,26)16-2-1-5-22-12-16/h1-2,5,10-12,15H,3-4,6-9,13H2. The molecule has 0 aliphatic carbocycles. The molecule has 4 rings (SSSR count). The molecule has 1 fully saturated rings. The van der Waals surface area contributed by atoms with Crippen LogP contribution in [-0.2, 0) is 26.2 Å². The van der Waals surface area contributed by atoms with Crippen LogP contribution in [0.4, 0.5) is 0 Å². The molecule has 160 valence electrons. The molecule has 30 heavy (non-hydrogen) atoms. The van der Waals surface area contributed by atoms with E-state index in [1.165, 1.54) is 22.8 Å². The molecule has 0 bridgehead atoms. The van der Waals surface area contributed by atoms with Crippen molar-refractivity contribution in [3.05, 3.63) is 47.2 Å². The van der Waals surface area contributed by atoms with Crippen LogP contribution in [0.5, 0.6) is 11.5 Å². The molecule has 0 amide bonds. The van der Waals surface area contributed by atoms with Crippen LogP contribution < -0.4 is 9.47 Å². The number of nitrogens with zero attached hydrogens (tertiary/aromatic N) is 2. The van der Waals surface area contributed by atoms with E-state index < -0.39 is 10.0 Å². The van der Waals surface area contributed by atoms with Gasteiger partial charge in [-0.1, -0.05) is 11.6 Å². The van der Waals surface area contributed by atoms with Gasteiger partial charge in [0.15, 0.2) is 11.5 Å². The number of sulfonamides is 1. The summed E-state index contributed by atoms with van der Waals surface area (Å²) in [6.07, 6.45) is 3.66. The molecule has 0 N–H and O–H groups in total. The van der Waals surface area contributed by atoms with Crippen LogP contribution in [0.1, 0.15) is 18.4 Å². The van der Waals surface area contributed by atoms with E-state index in [1.54, 1.807) is 18.2 Å². The van der Waals surface area contributed by atoms with Crippen LogP contribution in [0, 0.1) is 5.92 Å². The lowest BCUT2D eigenvalue weighted by atomic mass is 9.98. The molecule has 0 unspecified atom stereocenters. The summed E-state index contributed by atoms with van der Waals surface area (Å²) >= 11 is 6.21. The zero-order valence-corrected chi connectivity index (χ0v) is 17.7. The van der Waals surface area contributed by atoms with Crippen LogP contribution in [0.2, 0.25) is 5.02 Å². The minimum atomic E-state index is -3.60. The molecule has 0 radical (unpaired) electrons. The lowest BCUT2D eigenvalue weighted by molar-refractivity contribution is -0.151. The lowest BCUT2D eigenvalue weighted by Gasteiger charge is -2.30. The van der Waals surface area contributed by atoms with Gasteiger partial charge in [0.05, 0.1) is 10.9 Å². The Bertz CT molecular complexity index is 1020. The number of carbonyl (C=O) groups excluding carboxylic acids is 1. The predicted molar refractivity (Wildman–Crippen MR) is 108 cm³/mol. The van der Waals surface area contributed by atoms with E-state index in [0.29, 0.717) is 48.1 Å². The Kier molecular flexibility index (Phi) is 6.12. The van der Waals surface area contributed by atoms with Gasteiger partial charge < -0.3 is 14.2 Å². The van der Waals surface area contributed by atoms with Crippen molar-refractivity contribution in [1.29, 1.82) is 0 Å². The Hall–Kier alpha value is -2.36. The van der Waals surface area contributed by atoms with Crippen LogP contribution in [-0.4, -0.2) is 50.0 Å². The Balaban J connectivity index is 1.32. The first-order chi connectivity index (χ1) is 14.4. The van der Waals surface area contributed by atoms with Crippen LogP contribution in [0.3, 0.4) is 0 Å². The molecule has 2 aliphatic heterocycles. The molecule has 1 aromatic heterocycles. The number of ether oxygens (including phenoxy) is 3. The molecule has 0 spiro atoms. The van der Waals surface area contributed by atoms with Gasteiger partial charge in [-0.05, 0) is 42.7 Å². The highest BCUT2D eigenvalue weighted by molar-refractivity contribution is 7.89. The van der Waals surface area contributed by atoms with Crippen LogP contribution in [0.15, 0.2) is 41.6 Å². The van der Waals surface area contributed by atoms with Gasteiger partial charge in [-0.25, -0.2) is 8.42 Å². The maximum atomic E-state index is 12.7. The van der Waals surface area contributed by atoms with E-state index in [2.05, 4.69) is 4.98 Å². The first-order valence-electron chi connectivity index (χ1n) is 9.60. The average molecular weight is 453 g/mol. The zero-order valence-electron chi connectivity index (χ0n) is 16.1. The zero-order chi connectivity index (χ0) is 21.1. The van der Waals surface area contributed by atoms with Crippen molar-refractivity contribution < 1.29 is 27.4 Å². The maximum Gasteiger partial charge on any atom is 0.309 e. The van der Waals surface area contributed by atoms with Gasteiger partial charge in [0, 0.05) is 25.5 Å². The average Bonchev–Trinajstić information content (AvgIpc) is 2.78. The number of halogens is 1. The third-order valence-electron chi connectivity index (χ3n) is 5.10. The first kappa shape index (κ1) is 20.9. The third-order valence-corrected chi connectivity index (χ3v) is 7.26. The lowest BCUT2D eigenvalue weighted by Crippen LogP contribution is -2.40. The van der Waals surface area contributed by atoms with Gasteiger partial charge in [0.2, 0.25) is 10.0 Å². The van der Waals surface area contributed by atoms with E-state index in [-0.39, 0.29) is 36.5 Å². The largest absolute Gasteiger partial charge is 0.486 e. The van der Waals surface area contributed by atoms with Gasteiger partial charge in [-0.2, -0.15) is 4.31 Å².